The van der Waals surface area contributed by atoms with Crippen LogP contribution >= 0.6 is 0 Å². The largest absolute Gasteiger partial charge is 0.477 e. The van der Waals surface area contributed by atoms with Gasteiger partial charge in [-0.3, -0.25) is 4.79 Å². The third kappa shape index (κ3) is 3.21. The van der Waals surface area contributed by atoms with Crippen LogP contribution in [0.5, 0.6) is 5.88 Å². The molecule has 0 atom stereocenters. The smallest absolute Gasteiger partial charge is 0.271 e. The maximum Gasteiger partial charge on any atom is 0.271 e. The molecular weight excluding hydrogens is 244 g/mol. The van der Waals surface area contributed by atoms with Crippen LogP contribution in [-0.2, 0) is 0 Å². The molecule has 0 aliphatic carbocycles. The molecule has 0 radical (unpaired) electrons. The molecule has 0 saturated heterocycles. The molecule has 6 heteroatoms. The summed E-state index contributed by atoms with van der Waals surface area (Å²) in [6, 6.07) is 3.50. The van der Waals surface area contributed by atoms with Gasteiger partial charge in [-0.05, 0) is 33.8 Å². The lowest BCUT2D eigenvalue weighted by Gasteiger charge is -2.19. The first-order valence-electron chi connectivity index (χ1n) is 6.21. The Balaban J connectivity index is 2.28. The Kier molecular flexibility index (Phi) is 3.42. The lowest BCUT2D eigenvalue weighted by Crippen LogP contribution is -2.40. The molecule has 0 spiro atoms. The van der Waals surface area contributed by atoms with Gasteiger partial charge in [0.1, 0.15) is 5.69 Å². The van der Waals surface area contributed by atoms with E-state index in [9.17, 15) is 4.79 Å². The van der Waals surface area contributed by atoms with Crippen LogP contribution < -0.4 is 10.1 Å². The molecule has 1 amide bonds. The van der Waals surface area contributed by atoms with E-state index in [2.05, 4.69) is 15.4 Å². The average molecular weight is 262 g/mol. The van der Waals surface area contributed by atoms with Gasteiger partial charge in [0.05, 0.1) is 12.8 Å². The summed E-state index contributed by atoms with van der Waals surface area (Å²) in [5.74, 6) is 0.297. The summed E-state index contributed by atoms with van der Waals surface area (Å²) in [5, 5.41) is 7.08. The summed E-state index contributed by atoms with van der Waals surface area (Å²) in [4.78, 5) is 16.2. The van der Waals surface area contributed by atoms with Gasteiger partial charge in [0, 0.05) is 11.6 Å². The fourth-order valence-corrected chi connectivity index (χ4v) is 1.60. The second-order valence-electron chi connectivity index (χ2n) is 5.24. The lowest BCUT2D eigenvalue weighted by molar-refractivity contribution is 0.0915. The van der Waals surface area contributed by atoms with E-state index in [1.54, 1.807) is 22.8 Å². The summed E-state index contributed by atoms with van der Waals surface area (Å²) in [6.07, 6.45) is 1.60. The highest BCUT2D eigenvalue weighted by atomic mass is 16.5. The number of hydrogen-bond donors (Lipinski definition) is 1. The summed E-state index contributed by atoms with van der Waals surface area (Å²) in [6.45, 7) is 8.21. The van der Waals surface area contributed by atoms with Crippen LogP contribution in [0, 0.1) is 0 Å². The van der Waals surface area contributed by atoms with Crippen LogP contribution in [0.1, 0.15) is 38.2 Å². The first-order valence-corrected chi connectivity index (χ1v) is 6.21. The molecule has 0 aliphatic rings. The third-order valence-electron chi connectivity index (χ3n) is 2.31. The Morgan fingerprint density at radius 3 is 2.79 bits per heavy atom. The van der Waals surface area contributed by atoms with Crippen LogP contribution in [0.25, 0.3) is 5.65 Å². The molecule has 2 heterocycles. The lowest BCUT2D eigenvalue weighted by atomic mass is 10.1. The second-order valence-corrected chi connectivity index (χ2v) is 5.24. The van der Waals surface area contributed by atoms with E-state index in [1.807, 2.05) is 27.7 Å². The maximum atomic E-state index is 12.0. The number of nitrogens with zero attached hydrogens (tertiary/aromatic N) is 3. The Hall–Kier alpha value is -2.11. The van der Waals surface area contributed by atoms with Crippen LogP contribution in [0.15, 0.2) is 18.3 Å². The number of imidazole rings is 1. The quantitative estimate of drug-likeness (QED) is 0.913. The van der Waals surface area contributed by atoms with Crippen molar-refractivity contribution in [3.8, 4) is 5.88 Å². The summed E-state index contributed by atoms with van der Waals surface area (Å²) in [7, 11) is 0. The highest BCUT2D eigenvalue weighted by Crippen LogP contribution is 2.10. The molecule has 0 aromatic carbocycles. The molecule has 19 heavy (non-hydrogen) atoms. The van der Waals surface area contributed by atoms with Crippen LogP contribution in [0.3, 0.4) is 0 Å². The zero-order valence-corrected chi connectivity index (χ0v) is 11.6. The van der Waals surface area contributed by atoms with E-state index in [1.165, 1.54) is 0 Å². The first kappa shape index (κ1) is 13.3. The van der Waals surface area contributed by atoms with Gasteiger partial charge in [-0.15, -0.1) is 5.10 Å². The summed E-state index contributed by atoms with van der Waals surface area (Å²) < 4.78 is 6.85. The molecule has 6 nitrogen and oxygen atoms in total. The first-order chi connectivity index (χ1) is 8.89. The van der Waals surface area contributed by atoms with Crippen molar-refractivity contribution in [1.82, 2.24) is 19.9 Å². The molecule has 0 unspecified atom stereocenters. The predicted octanol–water partition coefficient (Wildman–Crippen LogP) is 1.66. The number of amides is 1. The molecule has 0 aliphatic heterocycles. The zero-order valence-electron chi connectivity index (χ0n) is 11.6. The molecular formula is C13H18N4O2. The van der Waals surface area contributed by atoms with Crippen molar-refractivity contribution in [3.05, 3.63) is 24.0 Å². The number of ether oxygens (including phenoxy) is 1. The Labute approximate surface area is 111 Å². The Bertz CT molecular complexity index is 598. The van der Waals surface area contributed by atoms with Gasteiger partial charge in [0.25, 0.3) is 5.91 Å². The van der Waals surface area contributed by atoms with Gasteiger partial charge in [0.15, 0.2) is 5.65 Å². The highest BCUT2D eigenvalue weighted by molar-refractivity contribution is 5.93. The summed E-state index contributed by atoms with van der Waals surface area (Å²) in [5.41, 5.74) is 0.662. The molecule has 2 aromatic rings. The number of nitrogens with one attached hydrogen (secondary N) is 1. The van der Waals surface area contributed by atoms with Gasteiger partial charge >= 0.3 is 0 Å². The van der Waals surface area contributed by atoms with E-state index in [0.717, 1.165) is 0 Å². The molecule has 0 fully saturated rings. The number of rotatable bonds is 3. The minimum absolute atomic E-state index is 0.212. The van der Waals surface area contributed by atoms with Crippen molar-refractivity contribution in [2.24, 2.45) is 0 Å². The monoisotopic (exact) mass is 262 g/mol. The molecule has 0 saturated carbocycles. The van der Waals surface area contributed by atoms with Crippen molar-refractivity contribution < 1.29 is 9.53 Å². The molecule has 1 N–H and O–H groups in total. The second kappa shape index (κ2) is 4.87. The van der Waals surface area contributed by atoms with Gasteiger partial charge in [-0.1, -0.05) is 0 Å². The SMILES string of the molecule is CCOc1ccc2nc(C(=O)NC(C)(C)C)cn2n1. The van der Waals surface area contributed by atoms with Crippen LogP contribution in [0.2, 0.25) is 0 Å². The topological polar surface area (TPSA) is 68.5 Å². The van der Waals surface area contributed by atoms with Gasteiger partial charge < -0.3 is 10.1 Å². The van der Waals surface area contributed by atoms with E-state index in [-0.39, 0.29) is 11.4 Å². The summed E-state index contributed by atoms with van der Waals surface area (Å²) >= 11 is 0. The maximum absolute atomic E-state index is 12.0. The fourth-order valence-electron chi connectivity index (χ4n) is 1.60. The minimum Gasteiger partial charge on any atom is -0.477 e. The van der Waals surface area contributed by atoms with Crippen molar-refractivity contribution in [3.63, 3.8) is 0 Å². The highest BCUT2D eigenvalue weighted by Gasteiger charge is 2.18. The standard InChI is InChI=1S/C13H18N4O2/c1-5-19-11-7-6-10-14-9(8-17(10)16-11)12(18)15-13(2,3)4/h6-8H,5H2,1-4H3,(H,15,18). The van der Waals surface area contributed by atoms with E-state index in [4.69, 9.17) is 4.74 Å². The normalized spacial score (nSPS) is 11.6. The van der Waals surface area contributed by atoms with Crippen LogP contribution in [0.4, 0.5) is 0 Å². The van der Waals surface area contributed by atoms with E-state index >= 15 is 0 Å². The number of hydrogen-bond acceptors (Lipinski definition) is 4. The van der Waals surface area contributed by atoms with E-state index in [0.29, 0.717) is 23.8 Å². The molecule has 0 bridgehead atoms. The number of fused-ring (bicyclic) bond motifs is 1. The van der Waals surface area contributed by atoms with E-state index < -0.39 is 0 Å². The van der Waals surface area contributed by atoms with Gasteiger partial charge in [-0.2, -0.15) is 0 Å². The Morgan fingerprint density at radius 1 is 1.42 bits per heavy atom. The van der Waals surface area contributed by atoms with Crippen molar-refractivity contribution in [2.75, 3.05) is 6.61 Å². The zero-order chi connectivity index (χ0) is 14.0. The number of aromatic nitrogens is 3. The van der Waals surface area contributed by atoms with Crippen molar-refractivity contribution in [1.29, 1.82) is 0 Å². The van der Waals surface area contributed by atoms with Gasteiger partial charge in [-0.25, -0.2) is 9.50 Å². The minimum atomic E-state index is -0.295. The fraction of sp³-hybridized carbons (Fsp3) is 0.462. The molecule has 2 aromatic heterocycles. The number of carbonyl (C=O) groups excluding carboxylic acids is 1. The average Bonchev–Trinajstić information content (AvgIpc) is 2.70. The van der Waals surface area contributed by atoms with Crippen molar-refractivity contribution in [2.45, 2.75) is 33.2 Å². The van der Waals surface area contributed by atoms with Crippen molar-refractivity contribution >= 4 is 11.6 Å². The Morgan fingerprint density at radius 2 is 2.16 bits per heavy atom. The molecule has 2 rings (SSSR count). The third-order valence-corrected chi connectivity index (χ3v) is 2.31. The van der Waals surface area contributed by atoms with Crippen LogP contribution in [-0.4, -0.2) is 32.7 Å². The van der Waals surface area contributed by atoms with Gasteiger partial charge in [0.2, 0.25) is 5.88 Å². The predicted molar refractivity (Wildman–Crippen MR) is 71.4 cm³/mol. The molecule has 102 valence electrons. The number of carbonyl (C=O) groups is 1.